The lowest BCUT2D eigenvalue weighted by Gasteiger charge is -2.31. The first-order valence-corrected chi connectivity index (χ1v) is 10.9. The van der Waals surface area contributed by atoms with Gasteiger partial charge in [0.15, 0.2) is 0 Å². The van der Waals surface area contributed by atoms with Crippen molar-refractivity contribution >= 4 is 11.9 Å². The molecule has 0 aromatic heterocycles. The number of carbonyl (C=O) groups excluding carboxylic acids is 2. The Kier molecular flexibility index (Phi) is 7.76. The van der Waals surface area contributed by atoms with E-state index in [1.54, 1.807) is 14.0 Å². The van der Waals surface area contributed by atoms with Gasteiger partial charge in [0.25, 0.3) is 0 Å². The number of carbonyl (C=O) groups is 2. The molecule has 0 amide bonds. The number of ether oxygens (including phenoxy) is 3. The Hall–Kier alpha value is -2.82. The molecule has 2 aromatic carbocycles. The third-order valence-corrected chi connectivity index (χ3v) is 5.36. The van der Waals surface area contributed by atoms with E-state index < -0.39 is 24.0 Å². The zero-order chi connectivity index (χ0) is 24.3. The molecule has 0 bridgehead atoms. The maximum absolute atomic E-state index is 13.4. The number of methoxy groups -OCH3 is 1. The minimum atomic E-state index is -0.740. The molecule has 0 aliphatic rings. The first kappa shape index (κ1) is 25.4. The third kappa shape index (κ3) is 6.12. The van der Waals surface area contributed by atoms with Crippen molar-refractivity contribution in [2.45, 2.75) is 72.3 Å². The minimum absolute atomic E-state index is 0.290. The average Bonchev–Trinajstić information content (AvgIpc) is 2.70. The van der Waals surface area contributed by atoms with E-state index >= 15 is 0 Å². The summed E-state index contributed by atoms with van der Waals surface area (Å²) >= 11 is 0. The van der Waals surface area contributed by atoms with Crippen LogP contribution in [-0.2, 0) is 25.2 Å². The highest BCUT2D eigenvalue weighted by Crippen LogP contribution is 2.43. The summed E-state index contributed by atoms with van der Waals surface area (Å²) in [5.74, 6) is -0.355. The molecule has 0 spiro atoms. The van der Waals surface area contributed by atoms with Crippen LogP contribution in [0.2, 0.25) is 0 Å². The van der Waals surface area contributed by atoms with E-state index in [4.69, 9.17) is 14.2 Å². The SMILES string of the molecule is COc1cc(C(C)(C)C)c(OC(=O)[C@H](C)[C@H](OC(C)=O)c2ccccc2)c(C(C)(C)C)c1. The van der Waals surface area contributed by atoms with Crippen LogP contribution in [0.25, 0.3) is 0 Å². The molecule has 5 nitrogen and oxygen atoms in total. The maximum atomic E-state index is 13.4. The lowest BCUT2D eigenvalue weighted by Crippen LogP contribution is -2.29. The van der Waals surface area contributed by atoms with E-state index in [1.807, 2.05) is 42.5 Å². The molecule has 0 heterocycles. The van der Waals surface area contributed by atoms with Gasteiger partial charge in [0.1, 0.15) is 17.6 Å². The fraction of sp³-hybridized carbons (Fsp3) is 0.481. The van der Waals surface area contributed by atoms with Crippen LogP contribution in [0.1, 0.15) is 78.2 Å². The molecule has 5 heteroatoms. The Morgan fingerprint density at radius 1 is 0.875 bits per heavy atom. The molecule has 0 saturated carbocycles. The summed E-state index contributed by atoms with van der Waals surface area (Å²) in [5.41, 5.74) is 1.93. The summed E-state index contributed by atoms with van der Waals surface area (Å²) in [7, 11) is 1.63. The fourth-order valence-electron chi connectivity index (χ4n) is 3.54. The van der Waals surface area contributed by atoms with E-state index in [1.165, 1.54) is 6.92 Å². The van der Waals surface area contributed by atoms with Gasteiger partial charge in [-0.25, -0.2) is 0 Å². The standard InChI is InChI=1S/C27H36O5/c1-17(23(31-18(2)28)19-13-11-10-12-14-19)25(29)32-24-21(26(3,4)5)15-20(30-9)16-22(24)27(6,7)8/h10-17,23H,1-9H3/t17-,23+/m1/s1. The Morgan fingerprint density at radius 3 is 1.78 bits per heavy atom. The van der Waals surface area contributed by atoms with Crippen molar-refractivity contribution in [3.63, 3.8) is 0 Å². The highest BCUT2D eigenvalue weighted by Gasteiger charge is 2.34. The van der Waals surface area contributed by atoms with Crippen LogP contribution in [0.15, 0.2) is 42.5 Å². The second kappa shape index (κ2) is 9.76. The molecular weight excluding hydrogens is 404 g/mol. The molecule has 0 aliphatic carbocycles. The van der Waals surface area contributed by atoms with Gasteiger partial charge in [-0.05, 0) is 35.4 Å². The Bertz CT molecular complexity index is 913. The van der Waals surface area contributed by atoms with Gasteiger partial charge in [0.05, 0.1) is 13.0 Å². The van der Waals surface area contributed by atoms with E-state index in [0.29, 0.717) is 5.75 Å². The van der Waals surface area contributed by atoms with E-state index in [-0.39, 0.29) is 10.8 Å². The molecule has 32 heavy (non-hydrogen) atoms. The minimum Gasteiger partial charge on any atom is -0.497 e. The summed E-state index contributed by atoms with van der Waals surface area (Å²) in [5, 5.41) is 0. The average molecular weight is 441 g/mol. The van der Waals surface area contributed by atoms with Gasteiger partial charge in [-0.1, -0.05) is 71.9 Å². The second-order valence-electron chi connectivity index (χ2n) is 10.2. The topological polar surface area (TPSA) is 61.8 Å². The Morgan fingerprint density at radius 2 is 1.38 bits per heavy atom. The predicted molar refractivity (Wildman–Crippen MR) is 126 cm³/mol. The first-order chi connectivity index (χ1) is 14.8. The summed E-state index contributed by atoms with van der Waals surface area (Å²) in [6.45, 7) is 15.5. The maximum Gasteiger partial charge on any atom is 0.318 e. The summed E-state index contributed by atoms with van der Waals surface area (Å²) < 4.78 is 17.2. The molecule has 174 valence electrons. The predicted octanol–water partition coefficient (Wildman–Crippen LogP) is 6.14. The van der Waals surface area contributed by atoms with Crippen molar-refractivity contribution in [1.82, 2.24) is 0 Å². The second-order valence-corrected chi connectivity index (χ2v) is 10.2. The zero-order valence-corrected chi connectivity index (χ0v) is 20.7. The van der Waals surface area contributed by atoms with Crippen molar-refractivity contribution in [1.29, 1.82) is 0 Å². The normalized spacial score (nSPS) is 13.8. The Labute approximate surface area is 192 Å². The van der Waals surface area contributed by atoms with Crippen LogP contribution in [0.3, 0.4) is 0 Å². The molecule has 0 saturated heterocycles. The van der Waals surface area contributed by atoms with Crippen molar-refractivity contribution in [3.8, 4) is 11.5 Å². The van der Waals surface area contributed by atoms with Crippen LogP contribution >= 0.6 is 0 Å². The molecule has 2 atom stereocenters. The summed E-state index contributed by atoms with van der Waals surface area (Å²) in [4.78, 5) is 25.1. The molecule has 0 unspecified atom stereocenters. The van der Waals surface area contributed by atoms with Crippen molar-refractivity contribution in [2.24, 2.45) is 5.92 Å². The smallest absolute Gasteiger partial charge is 0.318 e. The monoisotopic (exact) mass is 440 g/mol. The van der Waals surface area contributed by atoms with E-state index in [0.717, 1.165) is 22.4 Å². The quantitative estimate of drug-likeness (QED) is 0.399. The van der Waals surface area contributed by atoms with Crippen LogP contribution in [0, 0.1) is 5.92 Å². The van der Waals surface area contributed by atoms with Gasteiger partial charge < -0.3 is 14.2 Å². The summed E-state index contributed by atoms with van der Waals surface area (Å²) in [6, 6.07) is 13.1. The molecular formula is C27H36O5. The van der Waals surface area contributed by atoms with E-state index in [9.17, 15) is 9.59 Å². The van der Waals surface area contributed by atoms with Gasteiger partial charge in [-0.15, -0.1) is 0 Å². The van der Waals surface area contributed by atoms with Gasteiger partial charge >= 0.3 is 11.9 Å². The molecule has 2 aromatic rings. The van der Waals surface area contributed by atoms with E-state index in [2.05, 4.69) is 41.5 Å². The fourth-order valence-corrected chi connectivity index (χ4v) is 3.54. The molecule has 0 radical (unpaired) electrons. The van der Waals surface area contributed by atoms with Crippen molar-refractivity contribution in [3.05, 3.63) is 59.2 Å². The molecule has 0 fully saturated rings. The number of hydrogen-bond donors (Lipinski definition) is 0. The number of benzene rings is 2. The Balaban J connectivity index is 2.54. The van der Waals surface area contributed by atoms with Gasteiger partial charge in [-0.2, -0.15) is 0 Å². The number of hydrogen-bond acceptors (Lipinski definition) is 5. The largest absolute Gasteiger partial charge is 0.497 e. The lowest BCUT2D eigenvalue weighted by molar-refractivity contribution is -0.155. The number of rotatable bonds is 6. The van der Waals surface area contributed by atoms with Crippen LogP contribution in [-0.4, -0.2) is 19.0 Å². The first-order valence-electron chi connectivity index (χ1n) is 10.9. The van der Waals surface area contributed by atoms with Crippen molar-refractivity contribution < 1.29 is 23.8 Å². The lowest BCUT2D eigenvalue weighted by atomic mass is 9.79. The van der Waals surface area contributed by atoms with Gasteiger partial charge in [0, 0.05) is 18.1 Å². The summed E-state index contributed by atoms with van der Waals surface area (Å²) in [6.07, 6.45) is -0.740. The zero-order valence-electron chi connectivity index (χ0n) is 20.7. The number of esters is 2. The molecule has 0 N–H and O–H groups in total. The van der Waals surface area contributed by atoms with Crippen LogP contribution in [0.4, 0.5) is 0 Å². The third-order valence-electron chi connectivity index (χ3n) is 5.36. The van der Waals surface area contributed by atoms with Crippen LogP contribution < -0.4 is 9.47 Å². The molecule has 0 aliphatic heterocycles. The highest BCUT2D eigenvalue weighted by molar-refractivity contribution is 5.78. The van der Waals surface area contributed by atoms with Crippen molar-refractivity contribution in [2.75, 3.05) is 7.11 Å². The van der Waals surface area contributed by atoms with Gasteiger partial charge in [0.2, 0.25) is 0 Å². The highest BCUT2D eigenvalue weighted by atomic mass is 16.6. The van der Waals surface area contributed by atoms with Crippen LogP contribution in [0.5, 0.6) is 11.5 Å². The molecule has 2 rings (SSSR count). The van der Waals surface area contributed by atoms with Gasteiger partial charge in [-0.3, -0.25) is 9.59 Å².